The van der Waals surface area contributed by atoms with Crippen molar-refractivity contribution in [2.75, 3.05) is 0 Å². The number of aryl methyl sites for hydroxylation is 1. The summed E-state index contributed by atoms with van der Waals surface area (Å²) in [4.78, 5) is 0.507. The summed E-state index contributed by atoms with van der Waals surface area (Å²) in [5, 5.41) is 0. The first kappa shape index (κ1) is 10.2. The Morgan fingerprint density at radius 3 is 2.46 bits per heavy atom. The Morgan fingerprint density at radius 1 is 1.31 bits per heavy atom. The van der Waals surface area contributed by atoms with E-state index < -0.39 is 0 Å². The van der Waals surface area contributed by atoms with Gasteiger partial charge in [0.1, 0.15) is 4.99 Å². The molecule has 2 heteroatoms. The van der Waals surface area contributed by atoms with Gasteiger partial charge in [0.15, 0.2) is 0 Å². The minimum absolute atomic E-state index is 0.507. The third-order valence-corrected chi connectivity index (χ3v) is 2.49. The molecular formula is C11H15NS. The minimum atomic E-state index is 0.507. The highest BCUT2D eigenvalue weighted by molar-refractivity contribution is 7.80. The predicted octanol–water partition coefficient (Wildman–Crippen LogP) is 2.45. The number of nitrogens with two attached hydrogens (primary N) is 1. The van der Waals surface area contributed by atoms with E-state index >= 15 is 0 Å². The molecule has 70 valence electrons. The van der Waals surface area contributed by atoms with Crippen LogP contribution in [0.2, 0.25) is 0 Å². The number of hydrogen-bond acceptors (Lipinski definition) is 1. The van der Waals surface area contributed by atoms with Crippen LogP contribution in [0.1, 0.15) is 30.5 Å². The molecule has 0 radical (unpaired) electrons. The molecule has 0 aliphatic heterocycles. The third kappa shape index (κ3) is 2.07. The molecule has 1 aromatic rings. The van der Waals surface area contributed by atoms with Crippen molar-refractivity contribution >= 4 is 17.2 Å². The van der Waals surface area contributed by atoms with Crippen LogP contribution in [0.25, 0.3) is 0 Å². The third-order valence-electron chi connectivity index (χ3n) is 2.27. The zero-order valence-electron chi connectivity index (χ0n) is 8.13. The average molecular weight is 193 g/mol. The molecule has 1 rings (SSSR count). The monoisotopic (exact) mass is 193 g/mol. The Morgan fingerprint density at radius 2 is 2.00 bits per heavy atom. The van der Waals surface area contributed by atoms with Gasteiger partial charge in [-0.05, 0) is 24.0 Å². The minimum Gasteiger partial charge on any atom is -0.389 e. The van der Waals surface area contributed by atoms with Crippen molar-refractivity contribution in [3.05, 3.63) is 34.9 Å². The number of hydrogen-bond donors (Lipinski definition) is 1. The van der Waals surface area contributed by atoms with Crippen LogP contribution < -0.4 is 5.73 Å². The van der Waals surface area contributed by atoms with Crippen LogP contribution in [0.15, 0.2) is 18.2 Å². The lowest BCUT2D eigenvalue weighted by atomic mass is 9.97. The van der Waals surface area contributed by atoms with Gasteiger partial charge < -0.3 is 5.73 Å². The largest absolute Gasteiger partial charge is 0.389 e. The fourth-order valence-corrected chi connectivity index (χ4v) is 1.81. The molecule has 0 spiro atoms. The van der Waals surface area contributed by atoms with Crippen LogP contribution in [0.5, 0.6) is 0 Å². The van der Waals surface area contributed by atoms with Gasteiger partial charge in [-0.3, -0.25) is 0 Å². The molecule has 0 amide bonds. The summed E-state index contributed by atoms with van der Waals surface area (Å²) < 4.78 is 0. The van der Waals surface area contributed by atoms with Gasteiger partial charge in [-0.15, -0.1) is 0 Å². The van der Waals surface area contributed by atoms with Crippen LogP contribution in [-0.4, -0.2) is 4.99 Å². The molecule has 0 saturated carbocycles. The van der Waals surface area contributed by atoms with Crippen LogP contribution >= 0.6 is 12.2 Å². The summed E-state index contributed by atoms with van der Waals surface area (Å²) in [6.07, 6.45) is 2.04. The van der Waals surface area contributed by atoms with Crippen molar-refractivity contribution in [3.8, 4) is 0 Å². The van der Waals surface area contributed by atoms with Crippen molar-refractivity contribution in [1.82, 2.24) is 0 Å². The molecule has 0 saturated heterocycles. The summed E-state index contributed by atoms with van der Waals surface area (Å²) in [6.45, 7) is 4.29. The lowest BCUT2D eigenvalue weighted by Crippen LogP contribution is -2.13. The Bertz CT molecular complexity index is 318. The molecular weight excluding hydrogens is 178 g/mol. The average Bonchev–Trinajstić information content (AvgIpc) is 2.16. The topological polar surface area (TPSA) is 26.0 Å². The van der Waals surface area contributed by atoms with Crippen molar-refractivity contribution < 1.29 is 0 Å². The summed E-state index contributed by atoms with van der Waals surface area (Å²) in [6, 6.07) is 6.16. The highest BCUT2D eigenvalue weighted by atomic mass is 32.1. The second kappa shape index (κ2) is 4.38. The van der Waals surface area contributed by atoms with Gasteiger partial charge in [0.05, 0.1) is 0 Å². The predicted molar refractivity (Wildman–Crippen MR) is 61.1 cm³/mol. The van der Waals surface area contributed by atoms with Crippen LogP contribution in [0.3, 0.4) is 0 Å². The van der Waals surface area contributed by atoms with Gasteiger partial charge in [-0.25, -0.2) is 0 Å². The quantitative estimate of drug-likeness (QED) is 0.746. The van der Waals surface area contributed by atoms with Gasteiger partial charge in [0.2, 0.25) is 0 Å². The second-order valence-corrected chi connectivity index (χ2v) is 3.45. The normalized spacial score (nSPS) is 10.0. The molecule has 13 heavy (non-hydrogen) atoms. The zero-order chi connectivity index (χ0) is 9.84. The van der Waals surface area contributed by atoms with Crippen molar-refractivity contribution in [3.63, 3.8) is 0 Å². The first-order valence-electron chi connectivity index (χ1n) is 4.61. The maximum atomic E-state index is 5.65. The van der Waals surface area contributed by atoms with Gasteiger partial charge >= 0.3 is 0 Å². The Balaban J connectivity index is 3.27. The van der Waals surface area contributed by atoms with Crippen molar-refractivity contribution in [2.45, 2.75) is 26.7 Å². The molecule has 1 nitrogen and oxygen atoms in total. The number of rotatable bonds is 3. The van der Waals surface area contributed by atoms with E-state index in [0.29, 0.717) is 4.99 Å². The fraction of sp³-hybridized carbons (Fsp3) is 0.364. The van der Waals surface area contributed by atoms with Crippen LogP contribution in [-0.2, 0) is 12.8 Å². The Hall–Kier alpha value is -0.890. The van der Waals surface area contributed by atoms with E-state index in [0.717, 1.165) is 18.4 Å². The Labute approximate surface area is 85.0 Å². The summed E-state index contributed by atoms with van der Waals surface area (Å²) in [7, 11) is 0. The van der Waals surface area contributed by atoms with Gasteiger partial charge in [-0.2, -0.15) is 0 Å². The van der Waals surface area contributed by atoms with Crippen molar-refractivity contribution in [2.24, 2.45) is 5.73 Å². The molecule has 0 heterocycles. The van der Waals surface area contributed by atoms with Gasteiger partial charge in [0.25, 0.3) is 0 Å². The van der Waals surface area contributed by atoms with Gasteiger partial charge in [0, 0.05) is 5.56 Å². The molecule has 0 aromatic heterocycles. The molecule has 2 N–H and O–H groups in total. The molecule has 0 atom stereocenters. The second-order valence-electron chi connectivity index (χ2n) is 3.01. The molecule has 0 bridgehead atoms. The van der Waals surface area contributed by atoms with E-state index in [1.807, 2.05) is 12.1 Å². The smallest absolute Gasteiger partial charge is 0.104 e. The SMILES string of the molecule is CCc1cccc(C(N)=S)c1CC. The van der Waals surface area contributed by atoms with E-state index in [9.17, 15) is 0 Å². The summed E-state index contributed by atoms with van der Waals surface area (Å²) >= 11 is 5.00. The molecule has 0 unspecified atom stereocenters. The first-order valence-corrected chi connectivity index (χ1v) is 5.02. The van der Waals surface area contributed by atoms with Crippen molar-refractivity contribution in [1.29, 1.82) is 0 Å². The van der Waals surface area contributed by atoms with E-state index in [2.05, 4.69) is 19.9 Å². The molecule has 0 fully saturated rings. The lowest BCUT2D eigenvalue weighted by Gasteiger charge is -2.10. The highest BCUT2D eigenvalue weighted by Gasteiger charge is 2.06. The number of thiocarbonyl (C=S) groups is 1. The van der Waals surface area contributed by atoms with Crippen LogP contribution in [0, 0.1) is 0 Å². The lowest BCUT2D eigenvalue weighted by molar-refractivity contribution is 1.03. The van der Waals surface area contributed by atoms with E-state index in [4.69, 9.17) is 18.0 Å². The van der Waals surface area contributed by atoms with E-state index in [-0.39, 0.29) is 0 Å². The first-order chi connectivity index (χ1) is 6.20. The standard InChI is InChI=1S/C11H15NS/c1-3-8-6-5-7-10(11(12)13)9(8)4-2/h5-7H,3-4H2,1-2H3,(H2,12,13). The molecule has 0 aliphatic carbocycles. The van der Waals surface area contributed by atoms with Gasteiger partial charge in [-0.1, -0.05) is 44.3 Å². The highest BCUT2D eigenvalue weighted by Crippen LogP contribution is 2.16. The zero-order valence-corrected chi connectivity index (χ0v) is 8.95. The summed E-state index contributed by atoms with van der Waals surface area (Å²) in [5.74, 6) is 0. The summed E-state index contributed by atoms with van der Waals surface area (Å²) in [5.41, 5.74) is 9.34. The van der Waals surface area contributed by atoms with E-state index in [1.165, 1.54) is 11.1 Å². The Kier molecular flexibility index (Phi) is 3.43. The molecule has 0 aliphatic rings. The van der Waals surface area contributed by atoms with Crippen LogP contribution in [0.4, 0.5) is 0 Å². The van der Waals surface area contributed by atoms with E-state index in [1.54, 1.807) is 0 Å². The fourth-order valence-electron chi connectivity index (χ4n) is 1.61. The molecule has 1 aromatic carbocycles. The maximum Gasteiger partial charge on any atom is 0.104 e. The number of benzene rings is 1. The maximum absolute atomic E-state index is 5.65.